The zero-order valence-electron chi connectivity index (χ0n) is 19.3. The maximum Gasteiger partial charge on any atom is 0.223 e. The number of aryl methyl sites for hydroxylation is 1. The fourth-order valence-corrected chi connectivity index (χ4v) is 4.03. The number of carbonyl (C=O) groups excluding carboxylic acids is 1. The van der Waals surface area contributed by atoms with E-state index in [0.29, 0.717) is 12.3 Å². The Bertz CT molecular complexity index is 852. The number of hydrogen-bond donors (Lipinski definition) is 2. The maximum atomic E-state index is 12.4. The average Bonchev–Trinajstić information content (AvgIpc) is 3.19. The van der Waals surface area contributed by atoms with Crippen LogP contribution in [-0.2, 0) is 17.6 Å². The summed E-state index contributed by atoms with van der Waals surface area (Å²) in [6, 6.07) is 18.6. The zero-order valence-corrected chi connectivity index (χ0v) is 19.3. The van der Waals surface area contributed by atoms with Crippen LogP contribution in [0.3, 0.4) is 0 Å². The summed E-state index contributed by atoms with van der Waals surface area (Å²) in [5.74, 6) is 2.29. The molecule has 2 aromatic carbocycles. The van der Waals surface area contributed by atoms with Gasteiger partial charge in [0.2, 0.25) is 5.91 Å². The normalized spacial score (nSPS) is 16.3. The lowest BCUT2D eigenvalue weighted by molar-refractivity contribution is -0.127. The Morgan fingerprint density at radius 2 is 1.78 bits per heavy atom. The van der Waals surface area contributed by atoms with Crippen molar-refractivity contribution in [1.29, 1.82) is 0 Å². The summed E-state index contributed by atoms with van der Waals surface area (Å²) in [5.41, 5.74) is 2.61. The van der Waals surface area contributed by atoms with E-state index in [9.17, 15) is 4.79 Å². The minimum Gasteiger partial charge on any atom is -0.497 e. The van der Waals surface area contributed by atoms with Crippen LogP contribution in [0.25, 0.3) is 0 Å². The van der Waals surface area contributed by atoms with E-state index in [2.05, 4.69) is 39.9 Å². The van der Waals surface area contributed by atoms with Gasteiger partial charge in [0.15, 0.2) is 5.96 Å². The lowest BCUT2D eigenvalue weighted by Gasteiger charge is -2.18. The van der Waals surface area contributed by atoms with Crippen LogP contribution in [0.5, 0.6) is 5.75 Å². The molecular formula is C26H36N4O2. The number of ether oxygens (including phenoxy) is 1. The molecule has 1 atom stereocenters. The Morgan fingerprint density at radius 3 is 2.50 bits per heavy atom. The molecular weight excluding hydrogens is 400 g/mol. The van der Waals surface area contributed by atoms with Crippen LogP contribution in [0.1, 0.15) is 30.4 Å². The molecule has 2 N–H and O–H groups in total. The van der Waals surface area contributed by atoms with E-state index in [1.165, 1.54) is 11.1 Å². The maximum absolute atomic E-state index is 12.4. The van der Waals surface area contributed by atoms with Gasteiger partial charge >= 0.3 is 0 Å². The molecule has 1 unspecified atom stereocenters. The molecule has 0 spiro atoms. The molecule has 0 radical (unpaired) electrons. The molecule has 1 fully saturated rings. The molecule has 1 aliphatic heterocycles. The van der Waals surface area contributed by atoms with E-state index < -0.39 is 0 Å². The SMILES string of the molecule is CN=C(NCCCCc1ccc(OC)cc1)NCC1CC(=O)N(CCc2ccccc2)C1. The first-order valence-corrected chi connectivity index (χ1v) is 11.6. The summed E-state index contributed by atoms with van der Waals surface area (Å²) in [4.78, 5) is 18.7. The van der Waals surface area contributed by atoms with Gasteiger partial charge in [0.1, 0.15) is 5.75 Å². The molecule has 0 aliphatic carbocycles. The fraction of sp³-hybridized carbons (Fsp3) is 0.462. The van der Waals surface area contributed by atoms with Crippen LogP contribution in [-0.4, -0.2) is 57.1 Å². The predicted octanol–water partition coefficient (Wildman–Crippen LogP) is 3.27. The van der Waals surface area contributed by atoms with E-state index in [4.69, 9.17) is 4.74 Å². The number of nitrogens with one attached hydrogen (secondary N) is 2. The molecule has 172 valence electrons. The number of guanidine groups is 1. The first kappa shape index (κ1) is 23.6. The Kier molecular flexibility index (Phi) is 9.41. The second-order valence-corrected chi connectivity index (χ2v) is 8.33. The molecule has 32 heavy (non-hydrogen) atoms. The van der Waals surface area contributed by atoms with E-state index in [1.54, 1.807) is 14.2 Å². The monoisotopic (exact) mass is 436 g/mol. The lowest BCUT2D eigenvalue weighted by Crippen LogP contribution is -2.40. The smallest absolute Gasteiger partial charge is 0.223 e. The lowest BCUT2D eigenvalue weighted by atomic mass is 10.1. The van der Waals surface area contributed by atoms with Gasteiger partial charge in [0, 0.05) is 45.6 Å². The van der Waals surface area contributed by atoms with Crippen molar-refractivity contribution in [2.75, 3.05) is 40.3 Å². The van der Waals surface area contributed by atoms with Gasteiger partial charge in [-0.25, -0.2) is 0 Å². The molecule has 1 amide bonds. The van der Waals surface area contributed by atoms with Crippen LogP contribution in [0.4, 0.5) is 0 Å². The van der Waals surface area contributed by atoms with Crippen molar-refractivity contribution in [2.24, 2.45) is 10.9 Å². The first-order valence-electron chi connectivity index (χ1n) is 11.6. The minimum absolute atomic E-state index is 0.259. The Hall–Kier alpha value is -3.02. The van der Waals surface area contributed by atoms with Crippen molar-refractivity contribution >= 4 is 11.9 Å². The number of unbranched alkanes of at least 4 members (excludes halogenated alkanes) is 1. The molecule has 1 aliphatic rings. The predicted molar refractivity (Wildman–Crippen MR) is 130 cm³/mol. The number of carbonyl (C=O) groups is 1. The van der Waals surface area contributed by atoms with Crippen molar-refractivity contribution < 1.29 is 9.53 Å². The van der Waals surface area contributed by atoms with Crippen molar-refractivity contribution in [3.05, 3.63) is 65.7 Å². The molecule has 6 nitrogen and oxygen atoms in total. The van der Waals surface area contributed by atoms with Crippen LogP contribution in [0.2, 0.25) is 0 Å². The number of aliphatic imine (C=N–C) groups is 1. The van der Waals surface area contributed by atoms with Crippen LogP contribution < -0.4 is 15.4 Å². The summed E-state index contributed by atoms with van der Waals surface area (Å²) in [6.45, 7) is 3.25. The third-order valence-corrected chi connectivity index (χ3v) is 5.93. The topological polar surface area (TPSA) is 66.0 Å². The highest BCUT2D eigenvalue weighted by molar-refractivity contribution is 5.80. The average molecular weight is 437 g/mol. The summed E-state index contributed by atoms with van der Waals surface area (Å²) in [5, 5.41) is 6.78. The van der Waals surface area contributed by atoms with Crippen LogP contribution >= 0.6 is 0 Å². The number of likely N-dealkylation sites (tertiary alicyclic amines) is 1. The number of benzene rings is 2. The highest BCUT2D eigenvalue weighted by Gasteiger charge is 2.29. The van der Waals surface area contributed by atoms with Crippen LogP contribution in [0.15, 0.2) is 59.6 Å². The van der Waals surface area contributed by atoms with Gasteiger partial charge < -0.3 is 20.3 Å². The Labute approximate surface area is 192 Å². The van der Waals surface area contributed by atoms with E-state index >= 15 is 0 Å². The number of rotatable bonds is 11. The zero-order chi connectivity index (χ0) is 22.6. The highest BCUT2D eigenvalue weighted by Crippen LogP contribution is 2.17. The van der Waals surface area contributed by atoms with Gasteiger partial charge in [-0.1, -0.05) is 42.5 Å². The third kappa shape index (κ3) is 7.59. The van der Waals surface area contributed by atoms with Crippen molar-refractivity contribution in [3.63, 3.8) is 0 Å². The number of amides is 1. The van der Waals surface area contributed by atoms with Gasteiger partial charge in [0.25, 0.3) is 0 Å². The van der Waals surface area contributed by atoms with Gasteiger partial charge in [-0.2, -0.15) is 0 Å². The second-order valence-electron chi connectivity index (χ2n) is 8.33. The molecule has 6 heteroatoms. The van der Waals surface area contributed by atoms with E-state index in [0.717, 1.165) is 63.6 Å². The fourth-order valence-electron chi connectivity index (χ4n) is 4.03. The molecule has 0 bridgehead atoms. The molecule has 3 rings (SSSR count). The summed E-state index contributed by atoms with van der Waals surface area (Å²) in [6.07, 6.45) is 4.76. The van der Waals surface area contributed by atoms with Crippen molar-refractivity contribution in [1.82, 2.24) is 15.5 Å². The number of hydrogen-bond acceptors (Lipinski definition) is 3. The Morgan fingerprint density at radius 1 is 1.03 bits per heavy atom. The second kappa shape index (κ2) is 12.7. The third-order valence-electron chi connectivity index (χ3n) is 5.93. The molecule has 1 heterocycles. The molecule has 0 aromatic heterocycles. The summed E-state index contributed by atoms with van der Waals surface area (Å²) < 4.78 is 5.20. The number of nitrogens with zero attached hydrogens (tertiary/aromatic N) is 2. The molecule has 0 saturated carbocycles. The summed E-state index contributed by atoms with van der Waals surface area (Å²) in [7, 11) is 3.48. The van der Waals surface area contributed by atoms with Crippen LogP contribution in [0, 0.1) is 5.92 Å². The molecule has 2 aromatic rings. The number of methoxy groups -OCH3 is 1. The van der Waals surface area contributed by atoms with Crippen molar-refractivity contribution in [2.45, 2.75) is 32.1 Å². The minimum atomic E-state index is 0.259. The van der Waals surface area contributed by atoms with Crippen molar-refractivity contribution in [3.8, 4) is 5.75 Å². The highest BCUT2D eigenvalue weighted by atomic mass is 16.5. The van der Waals surface area contributed by atoms with E-state index in [1.807, 2.05) is 35.2 Å². The largest absolute Gasteiger partial charge is 0.497 e. The Balaban J connectivity index is 1.29. The standard InChI is InChI=1S/C26H36N4O2/c1-27-26(28-16-7-6-10-22-11-13-24(32-2)14-12-22)29-19-23-18-25(31)30(20-23)17-15-21-8-4-3-5-9-21/h3-5,8-9,11-14,23H,6-7,10,15-20H2,1-2H3,(H2,27,28,29). The van der Waals surface area contributed by atoms with E-state index in [-0.39, 0.29) is 5.91 Å². The van der Waals surface area contributed by atoms with Gasteiger partial charge in [-0.15, -0.1) is 0 Å². The van der Waals surface area contributed by atoms with Gasteiger partial charge in [0.05, 0.1) is 7.11 Å². The first-order chi connectivity index (χ1) is 15.7. The summed E-state index contributed by atoms with van der Waals surface area (Å²) >= 11 is 0. The quantitative estimate of drug-likeness (QED) is 0.322. The van der Waals surface area contributed by atoms with Gasteiger partial charge in [-0.05, 0) is 48.9 Å². The molecule has 1 saturated heterocycles. The van der Waals surface area contributed by atoms with Gasteiger partial charge in [-0.3, -0.25) is 9.79 Å².